The van der Waals surface area contributed by atoms with E-state index in [2.05, 4.69) is 15.1 Å². The molecule has 25 heavy (non-hydrogen) atoms. The predicted molar refractivity (Wildman–Crippen MR) is 87.0 cm³/mol. The Morgan fingerprint density at radius 3 is 2.16 bits per heavy atom. The summed E-state index contributed by atoms with van der Waals surface area (Å²) in [5.74, 6) is -4.25. The van der Waals surface area contributed by atoms with Gasteiger partial charge < -0.3 is 25.3 Å². The first kappa shape index (κ1) is 17.7. The molecule has 0 bridgehead atoms. The SMILES string of the molecule is CC(=O)Nc1cccc(NC(=O)c2c(O)oc(=O)c(C(C)=O)c2O)c1. The van der Waals surface area contributed by atoms with E-state index in [1.165, 1.54) is 19.1 Å². The molecule has 0 saturated carbocycles. The lowest BCUT2D eigenvalue weighted by molar-refractivity contribution is -0.114. The first-order chi connectivity index (χ1) is 11.7. The van der Waals surface area contributed by atoms with Crippen molar-refractivity contribution in [1.29, 1.82) is 0 Å². The number of aromatic hydroxyl groups is 2. The molecule has 0 atom stereocenters. The van der Waals surface area contributed by atoms with Gasteiger partial charge in [0.25, 0.3) is 5.91 Å². The summed E-state index contributed by atoms with van der Waals surface area (Å²) >= 11 is 0. The van der Waals surface area contributed by atoms with Gasteiger partial charge >= 0.3 is 11.6 Å². The number of hydrogen-bond acceptors (Lipinski definition) is 7. The number of carbonyl (C=O) groups excluding carboxylic acids is 3. The number of nitrogens with one attached hydrogen (secondary N) is 2. The van der Waals surface area contributed by atoms with Crippen LogP contribution in [0.4, 0.5) is 11.4 Å². The zero-order valence-corrected chi connectivity index (χ0v) is 13.2. The Bertz CT molecular complexity index is 931. The highest BCUT2D eigenvalue weighted by Gasteiger charge is 2.27. The highest BCUT2D eigenvalue weighted by Crippen LogP contribution is 2.29. The van der Waals surface area contributed by atoms with Crippen molar-refractivity contribution < 1.29 is 29.0 Å². The minimum atomic E-state index is -1.26. The molecular formula is C16H14N2O7. The molecule has 9 heteroatoms. The fourth-order valence-corrected chi connectivity index (χ4v) is 2.10. The summed E-state index contributed by atoms with van der Waals surface area (Å²) < 4.78 is 4.42. The smallest absolute Gasteiger partial charge is 0.353 e. The van der Waals surface area contributed by atoms with Crippen molar-refractivity contribution in [3.63, 3.8) is 0 Å². The van der Waals surface area contributed by atoms with Crippen molar-refractivity contribution in [2.75, 3.05) is 10.6 Å². The molecular weight excluding hydrogens is 332 g/mol. The number of anilines is 2. The molecule has 2 amide bonds. The van der Waals surface area contributed by atoms with E-state index in [4.69, 9.17) is 0 Å². The number of Topliss-reactive ketones (excluding diaryl/α,β-unsaturated/α-hetero) is 1. The molecule has 0 saturated heterocycles. The third-order valence-corrected chi connectivity index (χ3v) is 3.10. The lowest BCUT2D eigenvalue weighted by Crippen LogP contribution is -2.18. The fourth-order valence-electron chi connectivity index (χ4n) is 2.10. The Labute approximate surface area is 140 Å². The van der Waals surface area contributed by atoms with Crippen LogP contribution in [0.3, 0.4) is 0 Å². The molecule has 0 spiro atoms. The van der Waals surface area contributed by atoms with Crippen LogP contribution in [0.2, 0.25) is 0 Å². The highest BCUT2D eigenvalue weighted by atomic mass is 16.5. The second-order valence-corrected chi connectivity index (χ2v) is 5.07. The molecule has 4 N–H and O–H groups in total. The number of ketones is 1. The van der Waals surface area contributed by atoms with Crippen molar-refractivity contribution in [3.8, 4) is 11.7 Å². The van der Waals surface area contributed by atoms with Gasteiger partial charge in [-0.1, -0.05) is 6.07 Å². The quantitative estimate of drug-likeness (QED) is 0.613. The second-order valence-electron chi connectivity index (χ2n) is 5.07. The van der Waals surface area contributed by atoms with Crippen LogP contribution in [0.15, 0.2) is 33.5 Å². The Balaban J connectivity index is 2.39. The molecule has 9 nitrogen and oxygen atoms in total. The monoisotopic (exact) mass is 346 g/mol. The molecule has 0 unspecified atom stereocenters. The molecule has 1 aromatic carbocycles. The van der Waals surface area contributed by atoms with Gasteiger partial charge in [0.2, 0.25) is 5.91 Å². The minimum absolute atomic E-state index is 0.227. The Morgan fingerprint density at radius 2 is 1.60 bits per heavy atom. The maximum Gasteiger partial charge on any atom is 0.353 e. The van der Waals surface area contributed by atoms with Crippen molar-refractivity contribution in [2.24, 2.45) is 0 Å². The van der Waals surface area contributed by atoms with E-state index in [9.17, 15) is 29.4 Å². The van der Waals surface area contributed by atoms with Crippen molar-refractivity contribution in [2.45, 2.75) is 13.8 Å². The zero-order chi connectivity index (χ0) is 18.7. The molecule has 2 aromatic rings. The number of hydrogen-bond donors (Lipinski definition) is 4. The van der Waals surface area contributed by atoms with Gasteiger partial charge in [-0.15, -0.1) is 0 Å². The van der Waals surface area contributed by atoms with Gasteiger partial charge in [0.15, 0.2) is 17.1 Å². The van der Waals surface area contributed by atoms with Crippen LogP contribution in [0.1, 0.15) is 34.6 Å². The molecule has 1 aromatic heterocycles. The lowest BCUT2D eigenvalue weighted by Gasteiger charge is -2.10. The molecule has 0 aliphatic carbocycles. The Kier molecular flexibility index (Phi) is 4.87. The molecule has 0 fully saturated rings. The van der Waals surface area contributed by atoms with Gasteiger partial charge in [0.1, 0.15) is 5.56 Å². The summed E-state index contributed by atoms with van der Waals surface area (Å²) in [5.41, 5.74) is -2.12. The van der Waals surface area contributed by atoms with Gasteiger partial charge in [-0.3, -0.25) is 14.4 Å². The first-order valence-corrected chi connectivity index (χ1v) is 6.99. The molecule has 0 radical (unpaired) electrons. The van der Waals surface area contributed by atoms with E-state index in [1.54, 1.807) is 12.1 Å². The predicted octanol–water partition coefficient (Wildman–Crippen LogP) is 1.46. The number of benzene rings is 1. The van der Waals surface area contributed by atoms with Crippen LogP contribution < -0.4 is 16.3 Å². The molecule has 0 aliphatic heterocycles. The van der Waals surface area contributed by atoms with Gasteiger partial charge in [-0.2, -0.15) is 0 Å². The molecule has 1 heterocycles. The average Bonchev–Trinajstić information content (AvgIpc) is 2.45. The Hall–Kier alpha value is -3.62. The van der Waals surface area contributed by atoms with Crippen molar-refractivity contribution in [3.05, 3.63) is 45.8 Å². The number of rotatable bonds is 4. The molecule has 130 valence electrons. The Morgan fingerprint density at radius 1 is 1.00 bits per heavy atom. The standard InChI is InChI=1S/C16H14N2O7/c1-7(19)11-13(21)12(16(24)25-15(11)23)14(22)18-10-5-3-4-9(6-10)17-8(2)20/h3-6,21,24H,1-2H3,(H,17,20)(H,18,22). The maximum absolute atomic E-state index is 12.3. The van der Waals surface area contributed by atoms with Gasteiger partial charge in [-0.25, -0.2) is 4.79 Å². The summed E-state index contributed by atoms with van der Waals surface area (Å²) in [6, 6.07) is 6.05. The van der Waals surface area contributed by atoms with Crippen LogP contribution in [0.25, 0.3) is 0 Å². The summed E-state index contributed by atoms with van der Waals surface area (Å²) in [4.78, 5) is 46.2. The summed E-state index contributed by atoms with van der Waals surface area (Å²) in [5, 5.41) is 24.5. The summed E-state index contributed by atoms with van der Waals surface area (Å²) in [6.45, 7) is 2.32. The third-order valence-electron chi connectivity index (χ3n) is 3.10. The zero-order valence-electron chi connectivity index (χ0n) is 13.2. The summed E-state index contributed by atoms with van der Waals surface area (Å²) in [6.07, 6.45) is 0. The average molecular weight is 346 g/mol. The molecule has 2 rings (SSSR count). The van der Waals surface area contributed by atoms with Crippen LogP contribution in [-0.4, -0.2) is 27.8 Å². The van der Waals surface area contributed by atoms with Crippen LogP contribution >= 0.6 is 0 Å². The van der Waals surface area contributed by atoms with Gasteiger partial charge in [0.05, 0.1) is 0 Å². The topological polar surface area (TPSA) is 146 Å². The van der Waals surface area contributed by atoms with E-state index in [1.807, 2.05) is 0 Å². The lowest BCUT2D eigenvalue weighted by atomic mass is 10.1. The number of carbonyl (C=O) groups is 3. The fraction of sp³-hybridized carbons (Fsp3) is 0.125. The maximum atomic E-state index is 12.3. The largest absolute Gasteiger partial charge is 0.506 e. The van der Waals surface area contributed by atoms with Gasteiger partial charge in [0, 0.05) is 18.3 Å². The van der Waals surface area contributed by atoms with Crippen LogP contribution in [0.5, 0.6) is 11.7 Å². The van der Waals surface area contributed by atoms with E-state index in [0.29, 0.717) is 5.69 Å². The van der Waals surface area contributed by atoms with Crippen molar-refractivity contribution >= 4 is 29.0 Å². The van der Waals surface area contributed by atoms with E-state index in [0.717, 1.165) is 6.92 Å². The van der Waals surface area contributed by atoms with Crippen LogP contribution in [0, 0.1) is 0 Å². The summed E-state index contributed by atoms with van der Waals surface area (Å²) in [7, 11) is 0. The van der Waals surface area contributed by atoms with Crippen LogP contribution in [-0.2, 0) is 4.79 Å². The highest BCUT2D eigenvalue weighted by molar-refractivity contribution is 6.10. The third kappa shape index (κ3) is 3.83. The van der Waals surface area contributed by atoms with E-state index < -0.39 is 40.1 Å². The van der Waals surface area contributed by atoms with Gasteiger partial charge in [-0.05, 0) is 25.1 Å². The van der Waals surface area contributed by atoms with Crippen molar-refractivity contribution in [1.82, 2.24) is 0 Å². The minimum Gasteiger partial charge on any atom is -0.506 e. The first-order valence-electron chi connectivity index (χ1n) is 6.99. The molecule has 0 aliphatic rings. The normalized spacial score (nSPS) is 10.2. The second kappa shape index (κ2) is 6.87. The number of amides is 2. The van der Waals surface area contributed by atoms with E-state index >= 15 is 0 Å². The van der Waals surface area contributed by atoms with E-state index in [-0.39, 0.29) is 11.6 Å².